The van der Waals surface area contributed by atoms with E-state index < -0.39 is 0 Å². The Labute approximate surface area is 136 Å². The quantitative estimate of drug-likeness (QED) is 0.748. The number of hydrogen-bond donors (Lipinski definition) is 1. The fourth-order valence-electron chi connectivity index (χ4n) is 2.35. The largest absolute Gasteiger partial charge is 0.323 e. The molecule has 21 heavy (non-hydrogen) atoms. The molecule has 0 aliphatic heterocycles. The third kappa shape index (κ3) is 2.75. The molecule has 1 unspecified atom stereocenters. The molecule has 0 aliphatic rings. The second-order valence-electron chi connectivity index (χ2n) is 5.08. The number of imidazole rings is 1. The van der Waals surface area contributed by atoms with E-state index in [2.05, 4.69) is 38.5 Å². The molecule has 0 radical (unpaired) electrons. The van der Waals surface area contributed by atoms with Crippen LogP contribution in [0.1, 0.15) is 31.3 Å². The number of nitrogens with zero attached hydrogens (tertiary/aromatic N) is 3. The summed E-state index contributed by atoms with van der Waals surface area (Å²) in [6, 6.07) is 6.16. The highest BCUT2D eigenvalue weighted by atomic mass is 79.9. The van der Waals surface area contributed by atoms with Crippen molar-refractivity contribution in [2.75, 3.05) is 0 Å². The highest BCUT2D eigenvalue weighted by Gasteiger charge is 2.16. The van der Waals surface area contributed by atoms with Gasteiger partial charge in [-0.2, -0.15) is 0 Å². The lowest BCUT2D eigenvalue weighted by molar-refractivity contribution is 0.702. The van der Waals surface area contributed by atoms with Crippen molar-refractivity contribution in [1.82, 2.24) is 14.5 Å². The van der Waals surface area contributed by atoms with Crippen LogP contribution in [0.25, 0.3) is 22.6 Å². The normalized spacial score (nSPS) is 13.0. The number of aromatic nitrogens is 3. The lowest BCUT2D eigenvalue weighted by Crippen LogP contribution is -2.04. The van der Waals surface area contributed by atoms with E-state index in [9.17, 15) is 0 Å². The van der Waals surface area contributed by atoms with E-state index in [-0.39, 0.29) is 6.04 Å². The standard InChI is InChI=1S/C15H17BrN4S/c1-3-6-20-13-5-4-10(16)7-11(13)18-14(20)12-8-21-15(19-12)9(2)17/h4-5,7-9H,3,6,17H2,1-2H3. The summed E-state index contributed by atoms with van der Waals surface area (Å²) in [7, 11) is 0. The van der Waals surface area contributed by atoms with Gasteiger partial charge < -0.3 is 10.3 Å². The van der Waals surface area contributed by atoms with Crippen LogP contribution in [0.4, 0.5) is 0 Å². The molecule has 0 saturated heterocycles. The van der Waals surface area contributed by atoms with E-state index >= 15 is 0 Å². The number of aryl methyl sites for hydroxylation is 1. The molecule has 0 saturated carbocycles. The zero-order chi connectivity index (χ0) is 15.0. The van der Waals surface area contributed by atoms with Gasteiger partial charge in [0.25, 0.3) is 0 Å². The number of rotatable bonds is 4. The molecule has 4 nitrogen and oxygen atoms in total. The van der Waals surface area contributed by atoms with Crippen LogP contribution in [0, 0.1) is 0 Å². The van der Waals surface area contributed by atoms with E-state index in [0.717, 1.165) is 45.0 Å². The maximum Gasteiger partial charge on any atom is 0.160 e. The fraction of sp³-hybridized carbons (Fsp3) is 0.333. The van der Waals surface area contributed by atoms with Crippen molar-refractivity contribution < 1.29 is 0 Å². The zero-order valence-corrected chi connectivity index (χ0v) is 14.4. The Morgan fingerprint density at radius 2 is 2.19 bits per heavy atom. The summed E-state index contributed by atoms with van der Waals surface area (Å²) in [5.74, 6) is 0.924. The number of benzene rings is 1. The van der Waals surface area contributed by atoms with Crippen LogP contribution in [0.5, 0.6) is 0 Å². The van der Waals surface area contributed by atoms with Gasteiger partial charge in [-0.05, 0) is 31.5 Å². The third-order valence-corrected chi connectivity index (χ3v) is 4.84. The Hall–Kier alpha value is -1.24. The van der Waals surface area contributed by atoms with Gasteiger partial charge in [0.15, 0.2) is 5.82 Å². The van der Waals surface area contributed by atoms with Crippen molar-refractivity contribution in [2.45, 2.75) is 32.9 Å². The molecule has 1 aromatic carbocycles. The van der Waals surface area contributed by atoms with Crippen LogP contribution >= 0.6 is 27.3 Å². The predicted octanol–water partition coefficient (Wildman–Crippen LogP) is 4.35. The molecule has 110 valence electrons. The van der Waals surface area contributed by atoms with Crippen LogP contribution < -0.4 is 5.73 Å². The van der Waals surface area contributed by atoms with Crippen molar-refractivity contribution in [3.8, 4) is 11.5 Å². The first-order valence-corrected chi connectivity index (χ1v) is 8.64. The topological polar surface area (TPSA) is 56.7 Å². The monoisotopic (exact) mass is 364 g/mol. The molecule has 2 N–H and O–H groups in total. The first kappa shape index (κ1) is 14.7. The average Bonchev–Trinajstić information content (AvgIpc) is 3.04. The summed E-state index contributed by atoms with van der Waals surface area (Å²) in [5, 5.41) is 2.99. The van der Waals surface area contributed by atoms with E-state index in [4.69, 9.17) is 10.7 Å². The molecular weight excluding hydrogens is 348 g/mol. The van der Waals surface area contributed by atoms with Crippen LogP contribution in [-0.4, -0.2) is 14.5 Å². The van der Waals surface area contributed by atoms with Gasteiger partial charge >= 0.3 is 0 Å². The summed E-state index contributed by atoms with van der Waals surface area (Å²) >= 11 is 5.10. The Morgan fingerprint density at radius 3 is 2.86 bits per heavy atom. The SMILES string of the molecule is CCCn1c(-c2csc(C(C)N)n2)nc2cc(Br)ccc21. The van der Waals surface area contributed by atoms with Crippen LogP contribution in [0.15, 0.2) is 28.1 Å². The highest BCUT2D eigenvalue weighted by molar-refractivity contribution is 9.10. The fourth-order valence-corrected chi connectivity index (χ4v) is 3.45. The van der Waals surface area contributed by atoms with Crippen molar-refractivity contribution in [3.05, 3.63) is 33.1 Å². The Bertz CT molecular complexity index is 775. The summed E-state index contributed by atoms with van der Waals surface area (Å²) < 4.78 is 3.28. The van der Waals surface area contributed by atoms with E-state index in [1.807, 2.05) is 24.4 Å². The van der Waals surface area contributed by atoms with E-state index in [1.165, 1.54) is 0 Å². The minimum atomic E-state index is -0.0399. The van der Waals surface area contributed by atoms with Gasteiger partial charge in [0.2, 0.25) is 0 Å². The third-order valence-electron chi connectivity index (χ3n) is 3.30. The Morgan fingerprint density at radius 1 is 1.38 bits per heavy atom. The maximum absolute atomic E-state index is 5.91. The molecule has 0 fully saturated rings. The molecular formula is C15H17BrN4S. The second-order valence-corrected chi connectivity index (χ2v) is 6.89. The van der Waals surface area contributed by atoms with E-state index in [1.54, 1.807) is 11.3 Å². The first-order chi connectivity index (χ1) is 10.1. The van der Waals surface area contributed by atoms with Crippen LogP contribution in [-0.2, 0) is 6.54 Å². The number of thiazole rings is 1. The number of hydrogen-bond acceptors (Lipinski definition) is 4. The number of fused-ring (bicyclic) bond motifs is 1. The van der Waals surface area contributed by atoms with Gasteiger partial charge in [-0.15, -0.1) is 11.3 Å². The second kappa shape index (κ2) is 5.87. The molecule has 1 atom stereocenters. The van der Waals surface area contributed by atoms with Gasteiger partial charge in [-0.3, -0.25) is 0 Å². The van der Waals surface area contributed by atoms with Gasteiger partial charge in [0, 0.05) is 16.4 Å². The number of nitrogens with two attached hydrogens (primary N) is 1. The molecule has 2 aromatic heterocycles. The molecule has 0 aliphatic carbocycles. The van der Waals surface area contributed by atoms with Crippen molar-refractivity contribution in [3.63, 3.8) is 0 Å². The summed E-state index contributed by atoms with van der Waals surface area (Å²) in [4.78, 5) is 9.41. The number of halogens is 1. The molecule has 3 aromatic rings. The predicted molar refractivity (Wildman–Crippen MR) is 91.4 cm³/mol. The molecule has 3 rings (SSSR count). The van der Waals surface area contributed by atoms with Gasteiger partial charge in [-0.25, -0.2) is 9.97 Å². The molecule has 2 heterocycles. The zero-order valence-electron chi connectivity index (χ0n) is 12.0. The van der Waals surface area contributed by atoms with Crippen LogP contribution in [0.3, 0.4) is 0 Å². The lowest BCUT2D eigenvalue weighted by Gasteiger charge is -2.06. The van der Waals surface area contributed by atoms with E-state index in [0.29, 0.717) is 0 Å². The molecule has 0 spiro atoms. The van der Waals surface area contributed by atoms with Crippen molar-refractivity contribution in [1.29, 1.82) is 0 Å². The molecule has 0 amide bonds. The lowest BCUT2D eigenvalue weighted by atomic mass is 10.3. The van der Waals surface area contributed by atoms with Crippen molar-refractivity contribution >= 4 is 38.3 Å². The van der Waals surface area contributed by atoms with Crippen LogP contribution in [0.2, 0.25) is 0 Å². The Balaban J connectivity index is 2.17. The average molecular weight is 365 g/mol. The minimum Gasteiger partial charge on any atom is -0.323 e. The van der Waals surface area contributed by atoms with Gasteiger partial charge in [0.05, 0.1) is 17.1 Å². The Kier molecular flexibility index (Phi) is 4.10. The first-order valence-electron chi connectivity index (χ1n) is 6.97. The van der Waals surface area contributed by atoms with Gasteiger partial charge in [-0.1, -0.05) is 22.9 Å². The van der Waals surface area contributed by atoms with Gasteiger partial charge in [0.1, 0.15) is 10.7 Å². The molecule has 0 bridgehead atoms. The molecule has 6 heteroatoms. The maximum atomic E-state index is 5.91. The summed E-state index contributed by atoms with van der Waals surface area (Å²) in [6.45, 7) is 5.05. The smallest absolute Gasteiger partial charge is 0.160 e. The highest BCUT2D eigenvalue weighted by Crippen LogP contribution is 2.29. The minimum absolute atomic E-state index is 0.0399. The summed E-state index contributed by atoms with van der Waals surface area (Å²) in [5.41, 5.74) is 8.95. The van der Waals surface area contributed by atoms with Crippen molar-refractivity contribution in [2.24, 2.45) is 5.73 Å². The summed E-state index contributed by atoms with van der Waals surface area (Å²) in [6.07, 6.45) is 1.05.